The summed E-state index contributed by atoms with van der Waals surface area (Å²) in [5.41, 5.74) is 2.45. The third-order valence-corrected chi connectivity index (χ3v) is 3.97. The summed E-state index contributed by atoms with van der Waals surface area (Å²) in [6.45, 7) is 5.84. The van der Waals surface area contributed by atoms with Crippen molar-refractivity contribution in [3.8, 4) is 0 Å². The van der Waals surface area contributed by atoms with Gasteiger partial charge in [-0.3, -0.25) is 5.01 Å². The number of morpholine rings is 1. The third-order valence-electron chi connectivity index (χ3n) is 3.97. The van der Waals surface area contributed by atoms with E-state index in [4.69, 9.17) is 4.74 Å². The van der Waals surface area contributed by atoms with Gasteiger partial charge in [-0.05, 0) is 37.0 Å². The molecule has 2 aliphatic rings. The molecule has 0 amide bonds. The molecule has 0 atom stereocenters. The molecule has 0 unspecified atom stereocenters. The summed E-state index contributed by atoms with van der Waals surface area (Å²) in [7, 11) is 0. The van der Waals surface area contributed by atoms with E-state index in [1.54, 1.807) is 0 Å². The fraction of sp³-hybridized carbons (Fsp3) is 0.562. The van der Waals surface area contributed by atoms with Crippen LogP contribution < -0.4 is 4.90 Å². The zero-order valence-corrected chi connectivity index (χ0v) is 12.0. The highest BCUT2D eigenvalue weighted by Gasteiger charge is 2.10. The van der Waals surface area contributed by atoms with Gasteiger partial charge in [0.15, 0.2) is 0 Å². The second-order valence-corrected chi connectivity index (χ2v) is 5.45. The fourth-order valence-corrected chi connectivity index (χ4v) is 2.73. The molecule has 2 aliphatic heterocycles. The first kappa shape index (κ1) is 13.4. The van der Waals surface area contributed by atoms with Crippen molar-refractivity contribution in [1.29, 1.82) is 0 Å². The number of rotatable bonds is 3. The van der Waals surface area contributed by atoms with Crippen LogP contribution >= 0.6 is 0 Å². The molecule has 0 bridgehead atoms. The van der Waals surface area contributed by atoms with Gasteiger partial charge in [-0.15, -0.1) is 0 Å². The summed E-state index contributed by atoms with van der Waals surface area (Å²) < 4.78 is 5.38. The monoisotopic (exact) mass is 273 g/mol. The number of anilines is 1. The van der Waals surface area contributed by atoms with Gasteiger partial charge in [0.05, 0.1) is 19.4 Å². The maximum atomic E-state index is 5.38. The topological polar surface area (TPSA) is 28.1 Å². The number of hydrogen-bond donors (Lipinski definition) is 0. The van der Waals surface area contributed by atoms with Crippen molar-refractivity contribution in [2.45, 2.75) is 19.3 Å². The van der Waals surface area contributed by atoms with E-state index in [2.05, 4.69) is 39.3 Å². The standard InChI is InChI=1S/C16H23N3O/c1-2-8-19(9-3-1)17-14-15-4-6-16(7-5-15)18-10-12-20-13-11-18/h4-7,14H,1-3,8-13H2/b17-14+. The van der Waals surface area contributed by atoms with Crippen LogP contribution in [-0.2, 0) is 4.74 Å². The summed E-state index contributed by atoms with van der Waals surface area (Å²) in [4.78, 5) is 2.37. The molecular weight excluding hydrogens is 250 g/mol. The summed E-state index contributed by atoms with van der Waals surface area (Å²) >= 11 is 0. The summed E-state index contributed by atoms with van der Waals surface area (Å²) in [5.74, 6) is 0. The van der Waals surface area contributed by atoms with Crippen LogP contribution in [0, 0.1) is 0 Å². The molecular formula is C16H23N3O. The molecule has 3 rings (SSSR count). The molecule has 0 aromatic heterocycles. The van der Waals surface area contributed by atoms with Gasteiger partial charge in [0.2, 0.25) is 0 Å². The van der Waals surface area contributed by atoms with Crippen molar-refractivity contribution in [2.75, 3.05) is 44.3 Å². The minimum Gasteiger partial charge on any atom is -0.378 e. The number of hydrazone groups is 1. The van der Waals surface area contributed by atoms with E-state index >= 15 is 0 Å². The largest absolute Gasteiger partial charge is 0.378 e. The van der Waals surface area contributed by atoms with Gasteiger partial charge >= 0.3 is 0 Å². The zero-order chi connectivity index (χ0) is 13.6. The molecule has 1 aromatic rings. The molecule has 2 fully saturated rings. The number of benzene rings is 1. The summed E-state index contributed by atoms with van der Waals surface area (Å²) in [6.07, 6.45) is 5.87. The maximum absolute atomic E-state index is 5.38. The number of ether oxygens (including phenoxy) is 1. The Bertz CT molecular complexity index is 432. The minimum absolute atomic E-state index is 0.832. The molecule has 0 saturated carbocycles. The average molecular weight is 273 g/mol. The highest BCUT2D eigenvalue weighted by atomic mass is 16.5. The molecule has 2 saturated heterocycles. The Morgan fingerprint density at radius 1 is 0.900 bits per heavy atom. The molecule has 0 spiro atoms. The third kappa shape index (κ3) is 3.51. The number of nitrogens with zero attached hydrogens (tertiary/aromatic N) is 3. The van der Waals surface area contributed by atoms with Crippen molar-refractivity contribution in [3.05, 3.63) is 29.8 Å². The van der Waals surface area contributed by atoms with E-state index in [9.17, 15) is 0 Å². The lowest BCUT2D eigenvalue weighted by molar-refractivity contribution is 0.122. The van der Waals surface area contributed by atoms with Gasteiger partial charge in [0, 0.05) is 31.9 Å². The Hall–Kier alpha value is -1.55. The van der Waals surface area contributed by atoms with Crippen LogP contribution in [0.5, 0.6) is 0 Å². The van der Waals surface area contributed by atoms with Crippen molar-refractivity contribution in [3.63, 3.8) is 0 Å². The van der Waals surface area contributed by atoms with Crippen LogP contribution in [0.25, 0.3) is 0 Å². The second-order valence-electron chi connectivity index (χ2n) is 5.45. The smallest absolute Gasteiger partial charge is 0.0642 e. The lowest BCUT2D eigenvalue weighted by Gasteiger charge is -2.28. The molecule has 108 valence electrons. The van der Waals surface area contributed by atoms with Crippen LogP contribution in [-0.4, -0.2) is 50.6 Å². The van der Waals surface area contributed by atoms with E-state index < -0.39 is 0 Å². The highest BCUT2D eigenvalue weighted by molar-refractivity contribution is 5.80. The first-order valence-corrected chi connectivity index (χ1v) is 7.63. The quantitative estimate of drug-likeness (QED) is 0.791. The molecule has 1 aromatic carbocycles. The maximum Gasteiger partial charge on any atom is 0.0642 e. The van der Waals surface area contributed by atoms with Gasteiger partial charge in [-0.2, -0.15) is 5.10 Å². The first-order chi connectivity index (χ1) is 9.92. The lowest BCUT2D eigenvalue weighted by atomic mass is 10.2. The van der Waals surface area contributed by atoms with Crippen LogP contribution in [0.1, 0.15) is 24.8 Å². The van der Waals surface area contributed by atoms with Crippen LogP contribution in [0.4, 0.5) is 5.69 Å². The van der Waals surface area contributed by atoms with Gasteiger partial charge in [0.25, 0.3) is 0 Å². The Balaban J connectivity index is 1.59. The molecule has 4 nitrogen and oxygen atoms in total. The number of piperidine rings is 1. The van der Waals surface area contributed by atoms with E-state index in [1.807, 2.05) is 6.21 Å². The Morgan fingerprint density at radius 3 is 2.30 bits per heavy atom. The average Bonchev–Trinajstić information content (AvgIpc) is 2.55. The fourth-order valence-electron chi connectivity index (χ4n) is 2.73. The number of hydrogen-bond acceptors (Lipinski definition) is 4. The molecule has 4 heteroatoms. The van der Waals surface area contributed by atoms with Gasteiger partial charge in [-0.25, -0.2) is 0 Å². The first-order valence-electron chi connectivity index (χ1n) is 7.63. The van der Waals surface area contributed by atoms with Gasteiger partial charge in [0.1, 0.15) is 0 Å². The van der Waals surface area contributed by atoms with Crippen molar-refractivity contribution in [1.82, 2.24) is 5.01 Å². The van der Waals surface area contributed by atoms with Crippen LogP contribution in [0.15, 0.2) is 29.4 Å². The molecule has 0 N–H and O–H groups in total. The Kier molecular flexibility index (Phi) is 4.53. The van der Waals surface area contributed by atoms with Crippen LogP contribution in [0.2, 0.25) is 0 Å². The highest BCUT2D eigenvalue weighted by Crippen LogP contribution is 2.16. The van der Waals surface area contributed by atoms with Crippen molar-refractivity contribution in [2.24, 2.45) is 5.10 Å². The molecule has 0 radical (unpaired) electrons. The van der Waals surface area contributed by atoms with Crippen molar-refractivity contribution >= 4 is 11.9 Å². The van der Waals surface area contributed by atoms with E-state index in [-0.39, 0.29) is 0 Å². The van der Waals surface area contributed by atoms with Crippen molar-refractivity contribution < 1.29 is 4.74 Å². The van der Waals surface area contributed by atoms with Gasteiger partial charge < -0.3 is 9.64 Å². The second kappa shape index (κ2) is 6.75. The Morgan fingerprint density at radius 2 is 1.60 bits per heavy atom. The predicted molar refractivity (Wildman–Crippen MR) is 82.5 cm³/mol. The van der Waals surface area contributed by atoms with E-state index in [0.717, 1.165) is 39.4 Å². The summed E-state index contributed by atoms with van der Waals surface area (Å²) in [6, 6.07) is 8.67. The summed E-state index contributed by atoms with van der Waals surface area (Å²) in [5, 5.41) is 6.75. The molecule has 0 aliphatic carbocycles. The molecule has 2 heterocycles. The minimum atomic E-state index is 0.832. The zero-order valence-electron chi connectivity index (χ0n) is 12.0. The van der Waals surface area contributed by atoms with E-state index in [0.29, 0.717) is 0 Å². The van der Waals surface area contributed by atoms with Crippen LogP contribution in [0.3, 0.4) is 0 Å². The normalized spacial score (nSPS) is 20.6. The Labute approximate surface area is 121 Å². The lowest BCUT2D eigenvalue weighted by Crippen LogP contribution is -2.36. The molecule has 20 heavy (non-hydrogen) atoms. The van der Waals surface area contributed by atoms with Gasteiger partial charge in [-0.1, -0.05) is 12.1 Å². The SMILES string of the molecule is C(=N\N1CCCCC1)/c1ccc(N2CCOCC2)cc1. The van der Waals surface area contributed by atoms with E-state index in [1.165, 1.54) is 30.5 Å². The predicted octanol–water partition coefficient (Wildman–Crippen LogP) is 2.34.